The van der Waals surface area contributed by atoms with Gasteiger partial charge in [0, 0.05) is 38.4 Å². The Morgan fingerprint density at radius 1 is 0.404 bits per heavy atom. The van der Waals surface area contributed by atoms with Crippen molar-refractivity contribution in [1.82, 2.24) is 24.9 Å². The third-order valence-corrected chi connectivity index (χ3v) is 9.51. The summed E-state index contributed by atoms with van der Waals surface area (Å²) in [5.41, 5.74) is 7.71. The Bertz CT molecular complexity index is 2520. The monoisotopic (exact) mass is 619 g/mol. The summed E-state index contributed by atoms with van der Waals surface area (Å²) in [4.78, 5) is 24.7. The van der Waals surface area contributed by atoms with Crippen LogP contribution in [-0.2, 0) is 0 Å². The van der Waals surface area contributed by atoms with E-state index in [-0.39, 0.29) is 0 Å². The molecule has 0 saturated carbocycles. The fraction of sp³-hybridized carbons (Fsp3) is 0. The third-order valence-electron chi connectivity index (χ3n) is 8.38. The van der Waals surface area contributed by atoms with Crippen LogP contribution in [-0.4, -0.2) is 24.9 Å². The molecule has 0 unspecified atom stereocenters. The molecule has 5 aromatic carbocycles. The Morgan fingerprint density at radius 3 is 1.81 bits per heavy atom. The number of aromatic nitrogens is 5. The molecule has 6 heteroatoms. The van der Waals surface area contributed by atoms with Crippen LogP contribution in [0.15, 0.2) is 152 Å². The first-order valence-electron chi connectivity index (χ1n) is 15.4. The van der Waals surface area contributed by atoms with Crippen LogP contribution in [0.5, 0.6) is 0 Å². The van der Waals surface area contributed by atoms with E-state index >= 15 is 0 Å². The quantitative estimate of drug-likeness (QED) is 0.192. The van der Waals surface area contributed by atoms with Gasteiger partial charge in [0.2, 0.25) is 0 Å². The first-order chi connectivity index (χ1) is 23.3. The summed E-state index contributed by atoms with van der Waals surface area (Å²) in [6.07, 6.45) is 1.87. The number of fused-ring (bicyclic) bond motifs is 4. The molecular formula is C41H25N5S. The summed E-state index contributed by atoms with van der Waals surface area (Å²) in [5.74, 6) is 1.91. The first kappa shape index (κ1) is 27.2. The van der Waals surface area contributed by atoms with Crippen LogP contribution in [0.2, 0.25) is 0 Å². The van der Waals surface area contributed by atoms with E-state index in [1.165, 1.54) is 14.8 Å². The highest BCUT2D eigenvalue weighted by Crippen LogP contribution is 2.36. The van der Waals surface area contributed by atoms with Gasteiger partial charge in [-0.25, -0.2) is 19.9 Å². The van der Waals surface area contributed by atoms with Crippen molar-refractivity contribution in [3.8, 4) is 56.7 Å². The highest BCUT2D eigenvalue weighted by molar-refractivity contribution is 7.25. The minimum Gasteiger partial charge on any atom is -0.254 e. The van der Waals surface area contributed by atoms with Crippen molar-refractivity contribution < 1.29 is 0 Å². The number of rotatable bonds is 5. The van der Waals surface area contributed by atoms with Crippen molar-refractivity contribution in [2.75, 3.05) is 0 Å². The SMILES string of the molecule is c1ccc(-c2nc(-c3ccccc3)nc(-c3cccc(-c4ccc5ccnc(-c6ccc7sc8ccccc8c7n6)c5c4)c3)n2)cc1. The van der Waals surface area contributed by atoms with Crippen molar-refractivity contribution >= 4 is 42.4 Å². The van der Waals surface area contributed by atoms with Gasteiger partial charge in [0.15, 0.2) is 17.5 Å². The standard InChI is InChI=1S/C41H25N5S/c1-3-10-27(11-4-1)39-44-40(28-12-5-2-6-13-28)46-41(45-39)31-15-9-14-29(24-31)30-19-18-26-22-23-42-37(33(26)25-30)34-20-21-36-38(43-34)32-16-7-8-17-35(32)47-36/h1-25H. The molecule has 5 nitrogen and oxygen atoms in total. The molecular weight excluding hydrogens is 595 g/mol. The smallest absolute Gasteiger partial charge is 0.164 e. The average molecular weight is 620 g/mol. The van der Waals surface area contributed by atoms with Gasteiger partial charge in [-0.3, -0.25) is 4.98 Å². The van der Waals surface area contributed by atoms with E-state index in [0.717, 1.165) is 55.5 Å². The van der Waals surface area contributed by atoms with Crippen molar-refractivity contribution in [1.29, 1.82) is 0 Å². The molecule has 4 aromatic heterocycles. The zero-order valence-corrected chi connectivity index (χ0v) is 25.9. The maximum absolute atomic E-state index is 5.13. The van der Waals surface area contributed by atoms with Crippen LogP contribution in [0.1, 0.15) is 0 Å². The van der Waals surface area contributed by atoms with Gasteiger partial charge in [-0.15, -0.1) is 11.3 Å². The maximum atomic E-state index is 5.13. The van der Waals surface area contributed by atoms with E-state index in [1.54, 1.807) is 11.3 Å². The first-order valence-corrected chi connectivity index (χ1v) is 16.2. The summed E-state index contributed by atoms with van der Waals surface area (Å²) >= 11 is 1.77. The van der Waals surface area contributed by atoms with Gasteiger partial charge in [0.05, 0.1) is 21.6 Å². The van der Waals surface area contributed by atoms with Crippen molar-refractivity contribution in [2.45, 2.75) is 0 Å². The lowest BCUT2D eigenvalue weighted by Gasteiger charge is -2.11. The molecule has 0 N–H and O–H groups in total. The molecule has 47 heavy (non-hydrogen) atoms. The van der Waals surface area contributed by atoms with Crippen LogP contribution < -0.4 is 0 Å². The molecule has 0 aliphatic rings. The van der Waals surface area contributed by atoms with Crippen LogP contribution >= 0.6 is 11.3 Å². The molecule has 0 fully saturated rings. The summed E-state index contributed by atoms with van der Waals surface area (Å²) in [5, 5.41) is 3.35. The molecule has 0 saturated heterocycles. The Kier molecular flexibility index (Phi) is 6.58. The molecule has 0 amide bonds. The topological polar surface area (TPSA) is 64.5 Å². The van der Waals surface area contributed by atoms with Gasteiger partial charge in [-0.1, -0.05) is 109 Å². The van der Waals surface area contributed by atoms with Crippen LogP contribution in [0, 0.1) is 0 Å². The fourth-order valence-electron chi connectivity index (χ4n) is 6.05. The van der Waals surface area contributed by atoms with E-state index in [1.807, 2.05) is 66.9 Å². The van der Waals surface area contributed by atoms with E-state index in [0.29, 0.717) is 17.5 Å². The number of nitrogens with zero attached hydrogens (tertiary/aromatic N) is 5. The van der Waals surface area contributed by atoms with E-state index in [9.17, 15) is 0 Å². The van der Waals surface area contributed by atoms with Gasteiger partial charge < -0.3 is 0 Å². The van der Waals surface area contributed by atoms with Crippen LogP contribution in [0.3, 0.4) is 0 Å². The second kappa shape index (κ2) is 11.4. The third kappa shape index (κ3) is 5.01. The average Bonchev–Trinajstić information content (AvgIpc) is 3.53. The zero-order valence-electron chi connectivity index (χ0n) is 25.1. The van der Waals surface area contributed by atoms with Gasteiger partial charge in [0.25, 0.3) is 0 Å². The van der Waals surface area contributed by atoms with Crippen LogP contribution in [0.25, 0.3) is 87.8 Å². The van der Waals surface area contributed by atoms with Crippen molar-refractivity contribution in [2.24, 2.45) is 0 Å². The maximum Gasteiger partial charge on any atom is 0.164 e. The molecule has 0 atom stereocenters. The number of hydrogen-bond donors (Lipinski definition) is 0. The number of thiophene rings is 1. The largest absolute Gasteiger partial charge is 0.254 e. The van der Waals surface area contributed by atoms with Gasteiger partial charge >= 0.3 is 0 Å². The molecule has 4 heterocycles. The van der Waals surface area contributed by atoms with Crippen molar-refractivity contribution in [3.05, 3.63) is 152 Å². The Hall–Kier alpha value is -6.11. The van der Waals surface area contributed by atoms with Crippen molar-refractivity contribution in [3.63, 3.8) is 0 Å². The fourth-order valence-corrected chi connectivity index (χ4v) is 7.10. The zero-order chi connectivity index (χ0) is 31.2. The van der Waals surface area contributed by atoms with Gasteiger partial charge in [-0.05, 0) is 52.9 Å². The second-order valence-corrected chi connectivity index (χ2v) is 12.4. The Morgan fingerprint density at radius 2 is 1.04 bits per heavy atom. The molecule has 9 rings (SSSR count). The number of pyridine rings is 2. The molecule has 0 aliphatic heterocycles. The lowest BCUT2D eigenvalue weighted by molar-refractivity contribution is 1.07. The summed E-state index contributed by atoms with van der Waals surface area (Å²) < 4.78 is 2.42. The molecule has 0 spiro atoms. The summed E-state index contributed by atoms with van der Waals surface area (Å²) in [6.45, 7) is 0. The minimum absolute atomic E-state index is 0.628. The number of hydrogen-bond acceptors (Lipinski definition) is 6. The van der Waals surface area contributed by atoms with Gasteiger partial charge in [-0.2, -0.15) is 0 Å². The van der Waals surface area contributed by atoms with Crippen LogP contribution in [0.4, 0.5) is 0 Å². The highest BCUT2D eigenvalue weighted by Gasteiger charge is 2.15. The van der Waals surface area contributed by atoms with E-state index in [4.69, 9.17) is 24.9 Å². The Balaban J connectivity index is 1.15. The molecule has 9 aromatic rings. The normalized spacial score (nSPS) is 11.4. The molecule has 0 bridgehead atoms. The summed E-state index contributed by atoms with van der Waals surface area (Å²) in [6, 6.07) is 49.8. The Labute approximate surface area is 275 Å². The second-order valence-electron chi connectivity index (χ2n) is 11.4. The summed E-state index contributed by atoms with van der Waals surface area (Å²) in [7, 11) is 0. The number of benzene rings is 5. The molecule has 0 aliphatic carbocycles. The van der Waals surface area contributed by atoms with E-state index < -0.39 is 0 Å². The predicted molar refractivity (Wildman–Crippen MR) is 193 cm³/mol. The minimum atomic E-state index is 0.628. The predicted octanol–water partition coefficient (Wildman–Crippen LogP) is 10.5. The molecule has 220 valence electrons. The molecule has 0 radical (unpaired) electrons. The van der Waals surface area contributed by atoms with E-state index in [2.05, 4.69) is 84.9 Å². The van der Waals surface area contributed by atoms with Gasteiger partial charge in [0.1, 0.15) is 0 Å². The highest BCUT2D eigenvalue weighted by atomic mass is 32.1. The lowest BCUT2D eigenvalue weighted by Crippen LogP contribution is -2.00. The lowest BCUT2D eigenvalue weighted by atomic mass is 9.98.